The van der Waals surface area contributed by atoms with E-state index in [1.54, 1.807) is 0 Å². The maximum absolute atomic E-state index is 3.14. The molecule has 0 radical (unpaired) electrons. The minimum atomic E-state index is 1.18. The lowest BCUT2D eigenvalue weighted by molar-refractivity contribution is 0.814. The van der Waals surface area contributed by atoms with Crippen LogP contribution in [0.5, 0.6) is 0 Å². The van der Waals surface area contributed by atoms with Crippen molar-refractivity contribution in [1.82, 2.24) is 5.32 Å². The van der Waals surface area contributed by atoms with Crippen LogP contribution in [0.4, 0.5) is 0 Å². The minimum absolute atomic E-state index is 1.18. The molecule has 0 amide bonds. The van der Waals surface area contributed by atoms with Crippen LogP contribution in [0.2, 0.25) is 0 Å². The molecular weight excluding hydrogens is 134 g/mol. The van der Waals surface area contributed by atoms with Crippen molar-refractivity contribution in [2.45, 2.75) is 33.6 Å². The van der Waals surface area contributed by atoms with Crippen LogP contribution in [-0.4, -0.2) is 7.05 Å². The Labute approximate surface area is 70.2 Å². The zero-order valence-corrected chi connectivity index (χ0v) is 8.07. The fourth-order valence-corrected chi connectivity index (χ4v) is 0.950. The molecule has 0 spiro atoms. The molecule has 0 atom stereocenters. The molecule has 0 heterocycles. The van der Waals surface area contributed by atoms with Crippen LogP contribution >= 0.6 is 0 Å². The zero-order chi connectivity index (χ0) is 8.69. The van der Waals surface area contributed by atoms with Crippen molar-refractivity contribution in [3.8, 4) is 0 Å². The summed E-state index contributed by atoms with van der Waals surface area (Å²) < 4.78 is 0. The normalized spacial score (nSPS) is 15.6. The van der Waals surface area contributed by atoms with Gasteiger partial charge in [0.15, 0.2) is 0 Å². The van der Waals surface area contributed by atoms with Crippen LogP contribution in [0.15, 0.2) is 23.4 Å². The smallest absolute Gasteiger partial charge is 0.0107 e. The van der Waals surface area contributed by atoms with Gasteiger partial charge in [-0.1, -0.05) is 25.5 Å². The second-order valence-electron chi connectivity index (χ2n) is 2.45. The molecule has 0 aromatic rings. The van der Waals surface area contributed by atoms with E-state index in [1.807, 2.05) is 20.9 Å². The number of hydrogen-bond donors (Lipinski definition) is 1. The van der Waals surface area contributed by atoms with Gasteiger partial charge in [0.2, 0.25) is 0 Å². The Balaban J connectivity index is 0.000000461. The quantitative estimate of drug-likeness (QED) is 0.611. The van der Waals surface area contributed by atoms with Crippen LogP contribution in [0.1, 0.15) is 33.6 Å². The molecule has 1 rings (SSSR count). The van der Waals surface area contributed by atoms with Crippen molar-refractivity contribution in [3.05, 3.63) is 23.4 Å². The van der Waals surface area contributed by atoms with E-state index in [1.165, 1.54) is 24.1 Å². The number of rotatable bonds is 1. The van der Waals surface area contributed by atoms with E-state index < -0.39 is 0 Å². The summed E-state index contributed by atoms with van der Waals surface area (Å²) >= 11 is 0. The molecule has 0 saturated heterocycles. The fourth-order valence-electron chi connectivity index (χ4n) is 0.950. The SMILES string of the molecule is CC.CNC1=CC=C(C)CC1. The molecule has 0 fully saturated rings. The summed E-state index contributed by atoms with van der Waals surface area (Å²) in [7, 11) is 1.97. The molecule has 0 bridgehead atoms. The van der Waals surface area contributed by atoms with Crippen molar-refractivity contribution in [2.24, 2.45) is 0 Å². The molecule has 0 aromatic heterocycles. The second-order valence-corrected chi connectivity index (χ2v) is 2.45. The number of nitrogens with one attached hydrogen (secondary N) is 1. The molecule has 1 aliphatic carbocycles. The molecular formula is C10H19N. The predicted octanol–water partition coefficient (Wildman–Crippen LogP) is 2.86. The monoisotopic (exact) mass is 153 g/mol. The first-order valence-corrected chi connectivity index (χ1v) is 4.37. The molecule has 11 heavy (non-hydrogen) atoms. The van der Waals surface area contributed by atoms with E-state index in [-0.39, 0.29) is 0 Å². The third-order valence-electron chi connectivity index (χ3n) is 1.68. The maximum Gasteiger partial charge on any atom is 0.0107 e. The topological polar surface area (TPSA) is 12.0 Å². The highest BCUT2D eigenvalue weighted by Crippen LogP contribution is 2.14. The maximum atomic E-state index is 3.14. The van der Waals surface area contributed by atoms with E-state index in [4.69, 9.17) is 0 Å². The summed E-state index contributed by atoms with van der Waals surface area (Å²) in [6, 6.07) is 0. The summed E-state index contributed by atoms with van der Waals surface area (Å²) in [5, 5.41) is 3.14. The van der Waals surface area contributed by atoms with Gasteiger partial charge in [-0.15, -0.1) is 0 Å². The number of hydrogen-bond acceptors (Lipinski definition) is 1. The molecule has 1 N–H and O–H groups in total. The zero-order valence-electron chi connectivity index (χ0n) is 8.07. The second kappa shape index (κ2) is 6.02. The Bertz CT molecular complexity index is 154. The number of allylic oxidation sites excluding steroid dienone is 4. The summed E-state index contributed by atoms with van der Waals surface area (Å²) in [4.78, 5) is 0. The molecule has 1 heteroatoms. The first-order valence-electron chi connectivity index (χ1n) is 4.37. The summed E-state index contributed by atoms with van der Waals surface area (Å²) in [5.74, 6) is 0. The molecule has 1 nitrogen and oxygen atoms in total. The van der Waals surface area contributed by atoms with Crippen molar-refractivity contribution in [1.29, 1.82) is 0 Å². The van der Waals surface area contributed by atoms with Gasteiger partial charge in [0, 0.05) is 12.7 Å². The Morgan fingerprint density at radius 3 is 2.18 bits per heavy atom. The predicted molar refractivity (Wildman–Crippen MR) is 51.5 cm³/mol. The molecule has 0 aliphatic heterocycles. The lowest BCUT2D eigenvalue weighted by atomic mass is 10.0. The van der Waals surface area contributed by atoms with Gasteiger partial charge in [0.05, 0.1) is 0 Å². The van der Waals surface area contributed by atoms with Crippen LogP contribution in [0, 0.1) is 0 Å². The van der Waals surface area contributed by atoms with E-state index in [9.17, 15) is 0 Å². The van der Waals surface area contributed by atoms with Crippen LogP contribution in [0.25, 0.3) is 0 Å². The third kappa shape index (κ3) is 3.87. The molecule has 0 aromatic carbocycles. The van der Waals surface area contributed by atoms with E-state index in [2.05, 4.69) is 24.4 Å². The standard InChI is InChI=1S/C8H13N.C2H6/c1-7-3-5-8(9-2)6-4-7;1-2/h3,5,9H,4,6H2,1-2H3;1-2H3. The van der Waals surface area contributed by atoms with E-state index >= 15 is 0 Å². The van der Waals surface area contributed by atoms with Gasteiger partial charge in [-0.3, -0.25) is 0 Å². The first kappa shape index (κ1) is 10.3. The van der Waals surface area contributed by atoms with Gasteiger partial charge in [0.25, 0.3) is 0 Å². The molecule has 0 unspecified atom stereocenters. The van der Waals surface area contributed by atoms with Crippen molar-refractivity contribution in [3.63, 3.8) is 0 Å². The fraction of sp³-hybridized carbons (Fsp3) is 0.600. The molecule has 64 valence electrons. The van der Waals surface area contributed by atoms with E-state index in [0.29, 0.717) is 0 Å². The Hall–Kier alpha value is -0.720. The third-order valence-corrected chi connectivity index (χ3v) is 1.68. The summed E-state index contributed by atoms with van der Waals surface area (Å²) in [6.45, 7) is 6.17. The first-order chi connectivity index (χ1) is 5.33. The van der Waals surface area contributed by atoms with Crippen molar-refractivity contribution < 1.29 is 0 Å². The van der Waals surface area contributed by atoms with Gasteiger partial charge >= 0.3 is 0 Å². The van der Waals surface area contributed by atoms with Crippen molar-refractivity contribution in [2.75, 3.05) is 7.05 Å². The largest absolute Gasteiger partial charge is 0.391 e. The minimum Gasteiger partial charge on any atom is -0.391 e. The van der Waals surface area contributed by atoms with Crippen LogP contribution in [0.3, 0.4) is 0 Å². The van der Waals surface area contributed by atoms with Crippen molar-refractivity contribution >= 4 is 0 Å². The van der Waals surface area contributed by atoms with Gasteiger partial charge in [-0.25, -0.2) is 0 Å². The summed E-state index contributed by atoms with van der Waals surface area (Å²) in [5.41, 5.74) is 2.83. The highest BCUT2D eigenvalue weighted by molar-refractivity contribution is 5.21. The van der Waals surface area contributed by atoms with Gasteiger partial charge in [0.1, 0.15) is 0 Å². The van der Waals surface area contributed by atoms with Crippen LogP contribution in [-0.2, 0) is 0 Å². The molecule has 0 saturated carbocycles. The Morgan fingerprint density at radius 2 is 1.82 bits per heavy atom. The molecule has 1 aliphatic rings. The van der Waals surface area contributed by atoms with E-state index in [0.717, 1.165) is 0 Å². The van der Waals surface area contributed by atoms with Gasteiger partial charge < -0.3 is 5.32 Å². The Morgan fingerprint density at radius 1 is 1.18 bits per heavy atom. The lowest BCUT2D eigenvalue weighted by Crippen LogP contribution is -2.07. The highest BCUT2D eigenvalue weighted by Gasteiger charge is 1.98. The van der Waals surface area contributed by atoms with Gasteiger partial charge in [-0.2, -0.15) is 0 Å². The average molecular weight is 153 g/mol. The summed E-state index contributed by atoms with van der Waals surface area (Å²) in [6.07, 6.45) is 6.72. The highest BCUT2D eigenvalue weighted by atomic mass is 14.8. The van der Waals surface area contributed by atoms with Crippen LogP contribution < -0.4 is 5.32 Å². The Kier molecular flexibility index (Phi) is 5.63. The lowest BCUT2D eigenvalue weighted by Gasteiger charge is -2.10. The average Bonchev–Trinajstić information content (AvgIpc) is 2.10. The van der Waals surface area contributed by atoms with Gasteiger partial charge in [-0.05, 0) is 25.8 Å².